The molecule has 1 unspecified atom stereocenters. The number of nitrogens with two attached hydrogens (primary N) is 2. The van der Waals surface area contributed by atoms with Crippen molar-refractivity contribution < 1.29 is 4.39 Å². The van der Waals surface area contributed by atoms with Crippen molar-refractivity contribution in [1.82, 2.24) is 9.80 Å². The lowest BCUT2D eigenvalue weighted by molar-refractivity contribution is 0.352. The number of halogens is 3. The van der Waals surface area contributed by atoms with E-state index in [0.717, 1.165) is 19.5 Å². The van der Waals surface area contributed by atoms with Crippen LogP contribution in [-0.2, 0) is 6.54 Å². The van der Waals surface area contributed by atoms with Crippen LogP contribution >= 0.6 is 23.2 Å². The summed E-state index contributed by atoms with van der Waals surface area (Å²) in [5, 5.41) is 16.7. The second-order valence-corrected chi connectivity index (χ2v) is 8.37. The third-order valence-electron chi connectivity index (χ3n) is 5.33. The van der Waals surface area contributed by atoms with Crippen LogP contribution in [0.25, 0.3) is 0 Å². The molecule has 0 radical (unpaired) electrons. The Balaban J connectivity index is 0.00000145. The molecule has 11 heteroatoms. The van der Waals surface area contributed by atoms with Crippen molar-refractivity contribution in [3.63, 3.8) is 0 Å². The molecule has 1 atom stereocenters. The van der Waals surface area contributed by atoms with Gasteiger partial charge in [-0.05, 0) is 38.2 Å². The molecule has 0 saturated carbocycles. The van der Waals surface area contributed by atoms with E-state index in [4.69, 9.17) is 45.5 Å². The molecule has 1 aromatic carbocycles. The van der Waals surface area contributed by atoms with Crippen LogP contribution in [0.4, 0.5) is 4.39 Å². The Labute approximate surface area is 217 Å². The van der Waals surface area contributed by atoms with Crippen LogP contribution < -0.4 is 11.5 Å². The highest BCUT2D eigenvalue weighted by molar-refractivity contribution is 6.45. The first-order valence-corrected chi connectivity index (χ1v) is 12.5. The van der Waals surface area contributed by atoms with Crippen LogP contribution in [0.15, 0.2) is 33.9 Å². The Hall–Kier alpha value is -2.49. The summed E-state index contributed by atoms with van der Waals surface area (Å²) in [5.41, 5.74) is 12.8. The number of amidine groups is 3. The van der Waals surface area contributed by atoms with Crippen molar-refractivity contribution in [3.8, 4) is 0 Å². The summed E-state index contributed by atoms with van der Waals surface area (Å²) >= 11 is 12.3. The minimum absolute atomic E-state index is 0.0605. The maximum Gasteiger partial charge on any atom is 0.171 e. The van der Waals surface area contributed by atoms with Crippen molar-refractivity contribution in [1.29, 1.82) is 10.8 Å². The van der Waals surface area contributed by atoms with Gasteiger partial charge >= 0.3 is 0 Å². The quantitative estimate of drug-likeness (QED) is 0.254. The summed E-state index contributed by atoms with van der Waals surface area (Å²) in [5.74, 6) is -0.206. The first kappa shape index (κ1) is 30.5. The zero-order valence-electron chi connectivity index (χ0n) is 21.1. The fraction of sp³-hybridized carbons (Fsp3) is 0.500. The molecular formula is C24H37Cl2FN8. The highest BCUT2D eigenvalue weighted by Gasteiger charge is 2.24. The topological polar surface area (TPSA) is 131 Å². The highest BCUT2D eigenvalue weighted by atomic mass is 35.5. The number of hydrogen-bond donors (Lipinski definition) is 4. The van der Waals surface area contributed by atoms with Crippen LogP contribution in [0, 0.1) is 22.6 Å². The average Bonchev–Trinajstić information content (AvgIpc) is 3.30. The van der Waals surface area contributed by atoms with Crippen LogP contribution in [0.2, 0.25) is 10.0 Å². The lowest BCUT2D eigenvalue weighted by Crippen LogP contribution is -2.38. The molecule has 2 aliphatic rings. The van der Waals surface area contributed by atoms with Crippen LogP contribution in [0.1, 0.15) is 39.7 Å². The molecule has 35 heavy (non-hydrogen) atoms. The molecule has 3 rings (SSSR count). The minimum atomic E-state index is -0.567. The summed E-state index contributed by atoms with van der Waals surface area (Å²) < 4.78 is 13.9. The predicted octanol–water partition coefficient (Wildman–Crippen LogP) is 4.55. The maximum atomic E-state index is 13.9. The van der Waals surface area contributed by atoms with E-state index in [1.807, 2.05) is 34.7 Å². The summed E-state index contributed by atoms with van der Waals surface area (Å²) in [4.78, 5) is 12.3. The summed E-state index contributed by atoms with van der Waals surface area (Å²) in [7, 11) is 2.00. The number of hydrogen-bond acceptors (Lipinski definition) is 6. The Kier molecular flexibility index (Phi) is 12.9. The van der Waals surface area contributed by atoms with Gasteiger partial charge in [-0.3, -0.25) is 15.8 Å². The van der Waals surface area contributed by atoms with Crippen molar-refractivity contribution in [2.75, 3.05) is 33.2 Å². The number of nitrogens with zero attached hydrogens (tertiary/aromatic N) is 4. The number of benzene rings is 1. The molecule has 0 amide bonds. The van der Waals surface area contributed by atoms with Gasteiger partial charge in [-0.15, -0.1) is 0 Å². The molecule has 0 spiro atoms. The van der Waals surface area contributed by atoms with Crippen molar-refractivity contribution in [2.45, 2.75) is 40.7 Å². The Morgan fingerprint density at radius 2 is 1.89 bits per heavy atom. The molecule has 8 nitrogen and oxygen atoms in total. The first-order chi connectivity index (χ1) is 16.7. The third-order valence-corrected chi connectivity index (χ3v) is 6.09. The van der Waals surface area contributed by atoms with Gasteiger partial charge in [0.05, 0.1) is 17.3 Å². The van der Waals surface area contributed by atoms with E-state index in [1.165, 1.54) is 18.2 Å². The third kappa shape index (κ3) is 8.30. The molecule has 194 valence electrons. The number of rotatable bonds is 5. The van der Waals surface area contributed by atoms with E-state index < -0.39 is 5.82 Å². The Morgan fingerprint density at radius 3 is 2.49 bits per heavy atom. The normalized spacial score (nSPS) is 19.4. The van der Waals surface area contributed by atoms with E-state index in [2.05, 4.69) is 14.9 Å². The molecule has 1 saturated heterocycles. The average molecular weight is 528 g/mol. The Bertz CT molecular complexity index is 990. The Morgan fingerprint density at radius 1 is 1.23 bits per heavy atom. The molecule has 0 bridgehead atoms. The molecule has 0 aromatic heterocycles. The smallest absolute Gasteiger partial charge is 0.171 e. The number of likely N-dealkylation sites (tertiary alicyclic amines) is 1. The standard InChI is InChI=1S/C20H25Cl2FN8.2C2H6/c1-30-6-4-11(9-30)18(25)29-19(26)15(24)8-16-20(27)28-5-7-31(16)10-12-13(21)2-3-14(23)17(12)22;2*1-2/h2-3,8,11,24H,4-7,9-10H2,1H3,(H2,27,28)(H3,25,26,29);2*1-2H3/b16-8+,24-15?;;. The van der Waals surface area contributed by atoms with Gasteiger partial charge in [0.25, 0.3) is 0 Å². The minimum Gasteiger partial charge on any atom is -0.387 e. The fourth-order valence-corrected chi connectivity index (χ4v) is 4.04. The zero-order valence-corrected chi connectivity index (χ0v) is 22.6. The van der Waals surface area contributed by atoms with E-state index in [-0.39, 0.29) is 34.9 Å². The molecule has 1 fully saturated rings. The molecule has 0 aliphatic carbocycles. The van der Waals surface area contributed by atoms with Gasteiger partial charge in [-0.25, -0.2) is 9.38 Å². The predicted molar refractivity (Wildman–Crippen MR) is 147 cm³/mol. The molecule has 1 aromatic rings. The van der Waals surface area contributed by atoms with Crippen LogP contribution in [-0.4, -0.2) is 66.2 Å². The number of aliphatic imine (C=N–C) groups is 2. The van der Waals surface area contributed by atoms with Gasteiger partial charge in [-0.2, -0.15) is 0 Å². The monoisotopic (exact) mass is 526 g/mol. The van der Waals surface area contributed by atoms with Gasteiger partial charge in [0.15, 0.2) is 5.84 Å². The summed E-state index contributed by atoms with van der Waals surface area (Å²) in [6.45, 7) is 10.8. The molecule has 6 N–H and O–H groups in total. The largest absolute Gasteiger partial charge is 0.387 e. The van der Waals surface area contributed by atoms with Gasteiger partial charge in [-0.1, -0.05) is 50.9 Å². The van der Waals surface area contributed by atoms with Crippen molar-refractivity contribution in [2.24, 2.45) is 27.4 Å². The van der Waals surface area contributed by atoms with Crippen molar-refractivity contribution >= 4 is 46.4 Å². The van der Waals surface area contributed by atoms with Crippen LogP contribution in [0.3, 0.4) is 0 Å². The highest BCUT2D eigenvalue weighted by Crippen LogP contribution is 2.30. The molecule has 2 heterocycles. The van der Waals surface area contributed by atoms with E-state index in [1.54, 1.807) is 4.90 Å². The van der Waals surface area contributed by atoms with E-state index in [0.29, 0.717) is 35.2 Å². The second kappa shape index (κ2) is 14.8. The summed E-state index contributed by atoms with van der Waals surface area (Å²) in [6, 6.07) is 2.65. The lowest BCUT2D eigenvalue weighted by atomic mass is 10.1. The van der Waals surface area contributed by atoms with Gasteiger partial charge in [0.1, 0.15) is 23.2 Å². The van der Waals surface area contributed by atoms with Gasteiger partial charge in [0, 0.05) is 36.1 Å². The zero-order chi connectivity index (χ0) is 26.7. The summed E-state index contributed by atoms with van der Waals surface area (Å²) in [6.07, 6.45) is 2.29. The van der Waals surface area contributed by atoms with E-state index >= 15 is 0 Å². The molecular weight excluding hydrogens is 490 g/mol. The van der Waals surface area contributed by atoms with Crippen LogP contribution in [0.5, 0.6) is 0 Å². The maximum absolute atomic E-state index is 13.9. The first-order valence-electron chi connectivity index (χ1n) is 11.8. The fourth-order valence-electron chi connectivity index (χ4n) is 3.55. The van der Waals surface area contributed by atoms with Crippen molar-refractivity contribution in [3.05, 3.63) is 45.3 Å². The van der Waals surface area contributed by atoms with Gasteiger partial charge < -0.3 is 21.3 Å². The number of nitrogens with one attached hydrogen (secondary N) is 2. The van der Waals surface area contributed by atoms with Gasteiger partial charge in [0.2, 0.25) is 0 Å². The van der Waals surface area contributed by atoms with E-state index in [9.17, 15) is 4.39 Å². The SMILES string of the molecule is CC.CC.CN1CCC(C(N)=NC(=N)C(=N)/C=C2\C(N)=NCCN2Cc2c(Cl)ccc(F)c2Cl)C1. The second-order valence-electron chi connectivity index (χ2n) is 7.59. The molecule has 2 aliphatic heterocycles. The lowest BCUT2D eigenvalue weighted by Gasteiger charge is -2.30.